The molecule has 0 spiro atoms. The van der Waals surface area contributed by atoms with E-state index in [4.69, 9.17) is 0 Å². The molecule has 0 bridgehead atoms. The predicted molar refractivity (Wildman–Crippen MR) is 202 cm³/mol. The number of carbonyl (C=O) groups excluding carboxylic acids is 3. The van der Waals surface area contributed by atoms with E-state index in [1.54, 1.807) is 7.05 Å². The quantitative estimate of drug-likeness (QED) is 0.149. The Morgan fingerprint density at radius 1 is 0.839 bits per heavy atom. The van der Waals surface area contributed by atoms with Crippen molar-refractivity contribution in [2.24, 2.45) is 7.05 Å². The van der Waals surface area contributed by atoms with E-state index in [0.717, 1.165) is 28.7 Å². The summed E-state index contributed by atoms with van der Waals surface area (Å²) in [4.78, 5) is 69.5. The summed E-state index contributed by atoms with van der Waals surface area (Å²) in [6.45, 7) is 5.33. The summed E-state index contributed by atoms with van der Waals surface area (Å²) in [7, 11) is -1.75. The first-order chi connectivity index (χ1) is 25.8. The number of benzene rings is 4. The summed E-state index contributed by atoms with van der Waals surface area (Å²) in [5.74, 6) is -0.547. The van der Waals surface area contributed by atoms with Crippen LogP contribution in [0.3, 0.4) is 0 Å². The van der Waals surface area contributed by atoms with Gasteiger partial charge in [-0.1, -0.05) is 54.6 Å². The second-order valence-corrected chi connectivity index (χ2v) is 15.2. The number of carbonyl (C=O) groups is 3. The van der Waals surface area contributed by atoms with E-state index in [9.17, 15) is 28.7 Å². The molecule has 0 fully saturated rings. The van der Waals surface area contributed by atoms with E-state index in [2.05, 4.69) is 29.6 Å². The number of hydrogen-bond donors (Lipinski definition) is 0. The van der Waals surface area contributed by atoms with Crippen LogP contribution in [0.4, 0.5) is 5.69 Å². The second kappa shape index (κ2) is 18.0. The molecule has 3 heterocycles. The fourth-order valence-corrected chi connectivity index (χ4v) is 7.91. The fourth-order valence-electron chi connectivity index (χ4n) is 7.53. The maximum Gasteiger partial charge on any atom is 1.00 e. The fraction of sp³-hybridized carbons (Fsp3) is 0.262. The topological polar surface area (TPSA) is 138 Å². The van der Waals surface area contributed by atoms with Crippen molar-refractivity contribution in [3.8, 4) is 17.0 Å². The van der Waals surface area contributed by atoms with Crippen LogP contribution in [0.5, 0.6) is 5.75 Å². The molecule has 7 rings (SSSR count). The summed E-state index contributed by atoms with van der Waals surface area (Å²) in [6.07, 6.45) is 1.66. The van der Waals surface area contributed by atoms with Gasteiger partial charge in [0.1, 0.15) is 13.6 Å². The molecular formula is C42H41N4Na2O7P. The standard InChI is InChI=1S/C42H43N4O7P.2Na/c1-27-20-30-12-8-9-13-32(30)26-46(27)42(49)38-23-33-25-45(40(47)21-29-10-6-5-7-11-29)19-18-31(33)22-37(38)39-24-36(28(2)43(39)3)41(48)44(4)34-14-16-35(17-15-34)53-54(50,51)52;;/h5-17,22-24,27H,18-21,25-26H2,1-4H3,(H2,50,51,52);;/q;2*+1/p-2/t27-;;/m1../s1. The van der Waals surface area contributed by atoms with E-state index in [-0.39, 0.29) is 88.6 Å². The zero-order valence-electron chi connectivity index (χ0n) is 32.7. The van der Waals surface area contributed by atoms with Crippen LogP contribution in [0.1, 0.15) is 61.2 Å². The molecule has 0 saturated carbocycles. The van der Waals surface area contributed by atoms with Crippen molar-refractivity contribution in [1.82, 2.24) is 14.4 Å². The van der Waals surface area contributed by atoms with Crippen molar-refractivity contribution in [2.75, 3.05) is 18.5 Å². The van der Waals surface area contributed by atoms with E-state index in [0.29, 0.717) is 66.2 Å². The minimum absolute atomic E-state index is 0. The van der Waals surface area contributed by atoms with Gasteiger partial charge in [-0.2, -0.15) is 0 Å². The molecule has 0 saturated heterocycles. The third-order valence-electron chi connectivity index (χ3n) is 10.7. The maximum atomic E-state index is 14.8. The van der Waals surface area contributed by atoms with Crippen LogP contribution in [0.15, 0.2) is 97.1 Å². The molecular weight excluding hydrogens is 749 g/mol. The molecule has 11 nitrogen and oxygen atoms in total. The Kier molecular flexibility index (Phi) is 14.0. The van der Waals surface area contributed by atoms with Crippen molar-refractivity contribution < 1.29 is 92.4 Å². The number of fused-ring (bicyclic) bond motifs is 2. The molecule has 5 aromatic rings. The second-order valence-electron chi connectivity index (χ2n) is 14.1. The number of amides is 3. The van der Waals surface area contributed by atoms with Crippen molar-refractivity contribution in [3.63, 3.8) is 0 Å². The molecule has 2 aliphatic heterocycles. The molecule has 4 aromatic carbocycles. The average Bonchev–Trinajstić information content (AvgIpc) is 3.45. The number of nitrogens with zero attached hydrogens (tertiary/aromatic N) is 4. The van der Waals surface area contributed by atoms with Gasteiger partial charge in [-0.15, -0.1) is 0 Å². The first-order valence-electron chi connectivity index (χ1n) is 17.9. The predicted octanol–water partition coefficient (Wildman–Crippen LogP) is -0.793. The Hall–Kier alpha value is -3.48. The zero-order valence-corrected chi connectivity index (χ0v) is 37.5. The van der Waals surface area contributed by atoms with Crippen molar-refractivity contribution in [3.05, 3.63) is 142 Å². The minimum atomic E-state index is -5.23. The molecule has 14 heteroatoms. The summed E-state index contributed by atoms with van der Waals surface area (Å²) in [6, 6.07) is 29.2. The summed E-state index contributed by atoms with van der Waals surface area (Å²) >= 11 is 0. The third-order valence-corrected chi connectivity index (χ3v) is 11.1. The van der Waals surface area contributed by atoms with E-state index < -0.39 is 7.82 Å². The van der Waals surface area contributed by atoms with Crippen LogP contribution in [-0.2, 0) is 48.8 Å². The van der Waals surface area contributed by atoms with Gasteiger partial charge in [0, 0.05) is 68.0 Å². The molecule has 0 N–H and O–H groups in total. The Labute approximate surface area is 371 Å². The van der Waals surface area contributed by atoms with Crippen LogP contribution in [0.2, 0.25) is 0 Å². The Balaban J connectivity index is 0.00000300. The van der Waals surface area contributed by atoms with E-state index in [1.807, 2.05) is 82.9 Å². The molecule has 278 valence electrons. The summed E-state index contributed by atoms with van der Waals surface area (Å²) in [5, 5.41) is 0. The number of anilines is 1. The molecule has 0 unspecified atom stereocenters. The van der Waals surface area contributed by atoms with Crippen LogP contribution < -0.4 is 78.3 Å². The SMILES string of the molecule is Cc1c(C(=O)N(C)c2ccc(OP(=O)([O-])[O-])cc2)cc(-c2cc3c(cc2C(=O)N2Cc4ccccc4C[C@H]2C)CN(C(=O)Cc2ccccc2)CC3)n1C.[Na+].[Na+]. The zero-order chi connectivity index (χ0) is 38.3. The number of rotatable bonds is 8. The minimum Gasteiger partial charge on any atom is -0.780 e. The van der Waals surface area contributed by atoms with Gasteiger partial charge >= 0.3 is 59.1 Å². The van der Waals surface area contributed by atoms with Gasteiger partial charge in [0.15, 0.2) is 0 Å². The van der Waals surface area contributed by atoms with Crippen molar-refractivity contribution in [2.45, 2.75) is 52.2 Å². The number of phosphoric acid groups is 1. The number of phosphoric ester groups is 1. The molecule has 1 aromatic heterocycles. The third kappa shape index (κ3) is 9.28. The van der Waals surface area contributed by atoms with Gasteiger partial charge in [0.2, 0.25) is 5.91 Å². The van der Waals surface area contributed by atoms with Gasteiger partial charge in [-0.25, -0.2) is 0 Å². The monoisotopic (exact) mass is 790 g/mol. The average molecular weight is 791 g/mol. The largest absolute Gasteiger partial charge is 1.00 e. The summed E-state index contributed by atoms with van der Waals surface area (Å²) in [5.41, 5.74) is 8.77. The van der Waals surface area contributed by atoms with E-state index >= 15 is 0 Å². The molecule has 1 atom stereocenters. The van der Waals surface area contributed by atoms with Crippen LogP contribution in [-0.4, -0.2) is 51.7 Å². The van der Waals surface area contributed by atoms with Crippen LogP contribution >= 0.6 is 7.82 Å². The van der Waals surface area contributed by atoms with Crippen molar-refractivity contribution >= 4 is 31.2 Å². The molecule has 0 radical (unpaired) electrons. The van der Waals surface area contributed by atoms with Gasteiger partial charge in [-0.3, -0.25) is 14.4 Å². The van der Waals surface area contributed by atoms with E-state index in [1.165, 1.54) is 34.7 Å². The molecule has 3 amide bonds. The molecule has 0 aliphatic carbocycles. The Bertz CT molecular complexity index is 2310. The first kappa shape index (κ1) is 43.6. The normalized spacial score (nSPS) is 14.8. The first-order valence-corrected chi connectivity index (χ1v) is 19.3. The van der Waals surface area contributed by atoms with Gasteiger partial charge in [0.05, 0.1) is 12.0 Å². The molecule has 2 aliphatic rings. The van der Waals surface area contributed by atoms with Crippen LogP contribution in [0, 0.1) is 6.92 Å². The van der Waals surface area contributed by atoms with Crippen molar-refractivity contribution in [1.29, 1.82) is 0 Å². The Morgan fingerprint density at radius 2 is 1.50 bits per heavy atom. The van der Waals surface area contributed by atoms with Gasteiger partial charge in [-0.05, 0) is 97.0 Å². The number of hydrogen-bond acceptors (Lipinski definition) is 7. The smallest absolute Gasteiger partial charge is 0.780 e. The van der Waals surface area contributed by atoms with Crippen LogP contribution in [0.25, 0.3) is 11.3 Å². The molecule has 56 heavy (non-hydrogen) atoms. The maximum absolute atomic E-state index is 14.8. The van der Waals surface area contributed by atoms with Gasteiger partial charge < -0.3 is 38.1 Å². The number of aromatic nitrogens is 1. The summed E-state index contributed by atoms with van der Waals surface area (Å²) < 4.78 is 17.4. The Morgan fingerprint density at radius 3 is 2.18 bits per heavy atom. The van der Waals surface area contributed by atoms with Gasteiger partial charge in [0.25, 0.3) is 11.8 Å².